The van der Waals surface area contributed by atoms with Gasteiger partial charge in [-0.05, 0) is 18.6 Å². The molecule has 0 bridgehead atoms. The Kier molecular flexibility index (Phi) is 4.36. The van der Waals surface area contributed by atoms with Crippen molar-refractivity contribution < 1.29 is 0 Å². The van der Waals surface area contributed by atoms with Crippen molar-refractivity contribution in [3.63, 3.8) is 0 Å². The van der Waals surface area contributed by atoms with Crippen LogP contribution in [0, 0.1) is 0 Å². The molecule has 21 heavy (non-hydrogen) atoms. The molecule has 0 amide bonds. The third kappa shape index (κ3) is 3.17. The molecule has 1 aromatic carbocycles. The van der Waals surface area contributed by atoms with Crippen LogP contribution < -0.4 is 5.43 Å². The summed E-state index contributed by atoms with van der Waals surface area (Å²) in [6.45, 7) is 0.872. The van der Waals surface area contributed by atoms with E-state index in [1.54, 1.807) is 17.4 Å². The maximum Gasteiger partial charge on any atom is 0.189 e. The summed E-state index contributed by atoms with van der Waals surface area (Å²) in [5, 5.41) is 3.91. The summed E-state index contributed by atoms with van der Waals surface area (Å²) in [6.07, 6.45) is 3.79. The third-order valence-electron chi connectivity index (χ3n) is 3.41. The Morgan fingerprint density at radius 2 is 2.10 bits per heavy atom. The maximum atomic E-state index is 11.8. The molecular weight excluding hydrogens is 304 g/mol. The number of aryl methyl sites for hydroxylation is 2. The quantitative estimate of drug-likeness (QED) is 0.670. The lowest BCUT2D eigenvalue weighted by Gasteiger charge is -2.09. The first-order valence-electron chi connectivity index (χ1n) is 6.85. The van der Waals surface area contributed by atoms with E-state index < -0.39 is 0 Å². The summed E-state index contributed by atoms with van der Waals surface area (Å²) in [7, 11) is 0. The number of aromatic nitrogens is 2. The number of halogens is 1. The van der Waals surface area contributed by atoms with E-state index in [2.05, 4.69) is 9.55 Å². The Bertz CT molecular complexity index is 809. The number of benzene rings is 1. The van der Waals surface area contributed by atoms with Gasteiger partial charge in [-0.1, -0.05) is 12.1 Å². The van der Waals surface area contributed by atoms with Crippen molar-refractivity contribution in [1.29, 1.82) is 0 Å². The van der Waals surface area contributed by atoms with E-state index in [4.69, 9.17) is 11.6 Å². The van der Waals surface area contributed by atoms with Crippen molar-refractivity contribution >= 4 is 33.8 Å². The summed E-state index contributed by atoms with van der Waals surface area (Å²) in [5.41, 5.74) is 2.02. The van der Waals surface area contributed by atoms with Crippen LogP contribution in [0.5, 0.6) is 0 Å². The average molecular weight is 319 g/mol. The molecule has 2 aromatic heterocycles. The monoisotopic (exact) mass is 318 g/mol. The lowest BCUT2D eigenvalue weighted by molar-refractivity contribution is 0.655. The van der Waals surface area contributed by atoms with Crippen molar-refractivity contribution in [3.8, 4) is 0 Å². The Labute approximate surface area is 131 Å². The first-order chi connectivity index (χ1) is 10.3. The van der Waals surface area contributed by atoms with Crippen LogP contribution in [0.1, 0.15) is 17.1 Å². The minimum Gasteiger partial charge on any atom is -0.347 e. The smallest absolute Gasteiger partial charge is 0.189 e. The number of nitrogens with zero attached hydrogens (tertiary/aromatic N) is 2. The van der Waals surface area contributed by atoms with Crippen LogP contribution in [-0.2, 0) is 18.8 Å². The molecule has 2 heterocycles. The van der Waals surface area contributed by atoms with Crippen LogP contribution >= 0.6 is 22.9 Å². The first kappa shape index (κ1) is 14.3. The van der Waals surface area contributed by atoms with Crippen LogP contribution in [0.15, 0.2) is 46.7 Å². The van der Waals surface area contributed by atoms with Crippen molar-refractivity contribution in [2.75, 3.05) is 0 Å². The molecule has 3 rings (SSSR count). The number of para-hydroxylation sites is 1. The fraction of sp³-hybridized carbons (Fsp3) is 0.250. The summed E-state index contributed by atoms with van der Waals surface area (Å²) in [6, 6.07) is 9.37. The Morgan fingerprint density at radius 1 is 1.24 bits per heavy atom. The highest BCUT2D eigenvalue weighted by Gasteiger charge is 2.04. The molecule has 0 aliphatic carbocycles. The second kappa shape index (κ2) is 6.41. The van der Waals surface area contributed by atoms with Gasteiger partial charge in [0.1, 0.15) is 0 Å². The van der Waals surface area contributed by atoms with Crippen molar-refractivity contribution in [2.24, 2.45) is 0 Å². The normalized spacial score (nSPS) is 11.1. The van der Waals surface area contributed by atoms with E-state index in [0.717, 1.165) is 41.0 Å². The van der Waals surface area contributed by atoms with Gasteiger partial charge < -0.3 is 4.57 Å². The number of thiazole rings is 1. The van der Waals surface area contributed by atoms with Crippen LogP contribution in [0.3, 0.4) is 0 Å². The van der Waals surface area contributed by atoms with Crippen molar-refractivity contribution in [1.82, 2.24) is 9.55 Å². The average Bonchev–Trinajstić information content (AvgIpc) is 2.98. The highest BCUT2D eigenvalue weighted by atomic mass is 35.5. The number of hydrogen-bond acceptors (Lipinski definition) is 3. The Hall–Kier alpha value is -1.65. The molecule has 0 spiro atoms. The van der Waals surface area contributed by atoms with Gasteiger partial charge in [0.2, 0.25) is 0 Å². The first-order valence-corrected chi connectivity index (χ1v) is 8.27. The number of fused-ring (bicyclic) bond motifs is 1. The zero-order chi connectivity index (χ0) is 14.7. The molecule has 0 saturated carbocycles. The molecule has 0 N–H and O–H groups in total. The molecule has 0 radical (unpaired) electrons. The standard InChI is InChI=1S/C16H15ClN2OS/c17-10-12-11-21-16(18-12)6-3-8-19-9-7-15(20)13-4-1-2-5-14(13)19/h1-2,4-5,7,9,11H,3,6,8,10H2. The largest absolute Gasteiger partial charge is 0.347 e. The van der Waals surface area contributed by atoms with Gasteiger partial charge >= 0.3 is 0 Å². The molecule has 0 fully saturated rings. The molecule has 0 atom stereocenters. The summed E-state index contributed by atoms with van der Waals surface area (Å²) < 4.78 is 2.13. The number of rotatable bonds is 5. The highest BCUT2D eigenvalue weighted by molar-refractivity contribution is 7.09. The third-order valence-corrected chi connectivity index (χ3v) is 4.64. The second-order valence-corrected chi connectivity index (χ2v) is 6.07. The van der Waals surface area contributed by atoms with Crippen molar-refractivity contribution in [3.05, 3.63) is 62.8 Å². The minimum absolute atomic E-state index is 0.0773. The van der Waals surface area contributed by atoms with Gasteiger partial charge in [0, 0.05) is 36.0 Å². The van der Waals surface area contributed by atoms with E-state index in [-0.39, 0.29) is 5.43 Å². The van der Waals surface area contributed by atoms with Gasteiger partial charge in [-0.2, -0.15) is 0 Å². The maximum absolute atomic E-state index is 11.8. The number of hydrogen-bond donors (Lipinski definition) is 0. The molecule has 3 aromatic rings. The molecular formula is C16H15ClN2OS. The zero-order valence-corrected chi connectivity index (χ0v) is 13.0. The molecule has 0 aliphatic heterocycles. The van der Waals surface area contributed by atoms with E-state index in [1.807, 2.05) is 35.8 Å². The SMILES string of the molecule is O=c1ccn(CCCc2nc(CCl)cs2)c2ccccc12. The van der Waals surface area contributed by atoms with Gasteiger partial charge in [-0.15, -0.1) is 22.9 Å². The molecule has 0 saturated heterocycles. The van der Waals surface area contributed by atoms with Crippen molar-refractivity contribution in [2.45, 2.75) is 25.3 Å². The fourth-order valence-electron chi connectivity index (χ4n) is 2.38. The molecule has 5 heteroatoms. The topological polar surface area (TPSA) is 34.9 Å². The zero-order valence-electron chi connectivity index (χ0n) is 11.5. The number of pyridine rings is 1. The minimum atomic E-state index is 0.0773. The van der Waals surface area contributed by atoms with Gasteiger partial charge in [0.25, 0.3) is 0 Å². The molecule has 0 unspecified atom stereocenters. The summed E-state index contributed by atoms with van der Waals surface area (Å²) in [4.78, 5) is 16.3. The highest BCUT2D eigenvalue weighted by Crippen LogP contribution is 2.15. The lowest BCUT2D eigenvalue weighted by atomic mass is 10.2. The van der Waals surface area contributed by atoms with Gasteiger partial charge in [0.15, 0.2) is 5.43 Å². The van der Waals surface area contributed by atoms with Crippen LogP contribution in [0.25, 0.3) is 10.9 Å². The Balaban J connectivity index is 1.73. The van der Waals surface area contributed by atoms with E-state index in [0.29, 0.717) is 5.88 Å². The predicted molar refractivity (Wildman–Crippen MR) is 88.2 cm³/mol. The fourth-order valence-corrected chi connectivity index (χ4v) is 3.45. The predicted octanol–water partition coefficient (Wildman–Crippen LogP) is 3.83. The lowest BCUT2D eigenvalue weighted by Crippen LogP contribution is -2.08. The molecule has 3 nitrogen and oxygen atoms in total. The van der Waals surface area contributed by atoms with E-state index >= 15 is 0 Å². The van der Waals surface area contributed by atoms with E-state index in [9.17, 15) is 4.79 Å². The summed E-state index contributed by atoms with van der Waals surface area (Å²) in [5.74, 6) is 0.473. The second-order valence-electron chi connectivity index (χ2n) is 4.86. The Morgan fingerprint density at radius 3 is 2.90 bits per heavy atom. The molecule has 0 aliphatic rings. The van der Waals surface area contributed by atoms with Gasteiger partial charge in [-0.3, -0.25) is 4.79 Å². The van der Waals surface area contributed by atoms with Gasteiger partial charge in [0.05, 0.1) is 22.1 Å². The van der Waals surface area contributed by atoms with Crippen LogP contribution in [-0.4, -0.2) is 9.55 Å². The van der Waals surface area contributed by atoms with Crippen LogP contribution in [0.4, 0.5) is 0 Å². The van der Waals surface area contributed by atoms with Crippen LogP contribution in [0.2, 0.25) is 0 Å². The molecule has 108 valence electrons. The van der Waals surface area contributed by atoms with Gasteiger partial charge in [-0.25, -0.2) is 4.98 Å². The van der Waals surface area contributed by atoms with E-state index in [1.165, 1.54) is 0 Å². The number of alkyl halides is 1. The summed E-state index contributed by atoms with van der Waals surface area (Å²) >= 11 is 7.42.